The third-order valence-corrected chi connectivity index (χ3v) is 4.53. The molecule has 7 nitrogen and oxygen atoms in total. The fourth-order valence-corrected chi connectivity index (χ4v) is 2.79. The second-order valence-electron chi connectivity index (χ2n) is 7.05. The maximum Gasteiger partial charge on any atom is 0.289 e. The Morgan fingerprint density at radius 1 is 1.20 bits per heavy atom. The van der Waals surface area contributed by atoms with Crippen LogP contribution in [0.4, 0.5) is 5.69 Å². The fourth-order valence-electron chi connectivity index (χ4n) is 2.79. The number of hydrogen-bond donors (Lipinski definition) is 2. The Kier molecular flexibility index (Phi) is 7.21. The SMILES string of the molecule is CCCCOc1ccccc1-c1cc(C(=O)NN=Cc2ccc(N(C)C)cc2)[nH]n1. The predicted octanol–water partition coefficient (Wildman–Crippen LogP) is 4.09. The third-order valence-electron chi connectivity index (χ3n) is 4.53. The van der Waals surface area contributed by atoms with Crippen LogP contribution in [0.25, 0.3) is 11.3 Å². The van der Waals surface area contributed by atoms with Gasteiger partial charge in [0.05, 0.1) is 18.5 Å². The summed E-state index contributed by atoms with van der Waals surface area (Å²) in [5.41, 5.74) is 6.33. The molecule has 1 amide bonds. The van der Waals surface area contributed by atoms with Gasteiger partial charge in [-0.15, -0.1) is 0 Å². The number of unbranched alkanes of at least 4 members (excludes halogenated alkanes) is 1. The number of para-hydroxylation sites is 1. The first-order valence-corrected chi connectivity index (χ1v) is 9.97. The van der Waals surface area contributed by atoms with Crippen LogP contribution in [0.15, 0.2) is 59.7 Å². The van der Waals surface area contributed by atoms with Gasteiger partial charge in [0.1, 0.15) is 11.4 Å². The van der Waals surface area contributed by atoms with Crippen LogP contribution < -0.4 is 15.1 Å². The van der Waals surface area contributed by atoms with Gasteiger partial charge < -0.3 is 9.64 Å². The number of aromatic nitrogens is 2. The number of hydrazone groups is 1. The molecule has 30 heavy (non-hydrogen) atoms. The Labute approximate surface area is 176 Å². The van der Waals surface area contributed by atoms with Crippen molar-refractivity contribution in [3.05, 3.63) is 65.9 Å². The number of benzene rings is 2. The molecule has 1 heterocycles. The van der Waals surface area contributed by atoms with Gasteiger partial charge in [-0.2, -0.15) is 10.2 Å². The zero-order chi connectivity index (χ0) is 21.3. The van der Waals surface area contributed by atoms with Gasteiger partial charge >= 0.3 is 0 Å². The smallest absolute Gasteiger partial charge is 0.289 e. The van der Waals surface area contributed by atoms with E-state index in [1.54, 1.807) is 12.3 Å². The number of carbonyl (C=O) groups is 1. The van der Waals surface area contributed by atoms with Crippen LogP contribution in [0.3, 0.4) is 0 Å². The van der Waals surface area contributed by atoms with Crippen molar-refractivity contribution < 1.29 is 9.53 Å². The quantitative estimate of drug-likeness (QED) is 0.319. The number of nitrogens with zero attached hydrogens (tertiary/aromatic N) is 3. The largest absolute Gasteiger partial charge is 0.493 e. The van der Waals surface area contributed by atoms with Crippen LogP contribution in [0.1, 0.15) is 35.8 Å². The monoisotopic (exact) mass is 405 g/mol. The highest BCUT2D eigenvalue weighted by Gasteiger charge is 2.13. The van der Waals surface area contributed by atoms with E-state index < -0.39 is 0 Å². The number of H-pyrrole nitrogens is 1. The van der Waals surface area contributed by atoms with Gasteiger partial charge in [0.15, 0.2) is 0 Å². The lowest BCUT2D eigenvalue weighted by Gasteiger charge is -2.11. The van der Waals surface area contributed by atoms with E-state index >= 15 is 0 Å². The van der Waals surface area contributed by atoms with E-state index in [9.17, 15) is 4.79 Å². The summed E-state index contributed by atoms with van der Waals surface area (Å²) >= 11 is 0. The van der Waals surface area contributed by atoms with Crippen LogP contribution in [0, 0.1) is 0 Å². The Bertz CT molecular complexity index is 993. The highest BCUT2D eigenvalue weighted by molar-refractivity contribution is 5.94. The lowest BCUT2D eigenvalue weighted by molar-refractivity contribution is 0.0950. The number of aromatic amines is 1. The highest BCUT2D eigenvalue weighted by Crippen LogP contribution is 2.28. The molecule has 0 atom stereocenters. The zero-order valence-corrected chi connectivity index (χ0v) is 17.6. The van der Waals surface area contributed by atoms with E-state index in [2.05, 4.69) is 27.6 Å². The minimum atomic E-state index is -0.362. The van der Waals surface area contributed by atoms with Crippen molar-refractivity contribution in [2.24, 2.45) is 5.10 Å². The molecule has 0 saturated carbocycles. The van der Waals surface area contributed by atoms with E-state index in [-0.39, 0.29) is 5.91 Å². The average Bonchev–Trinajstić information content (AvgIpc) is 3.25. The lowest BCUT2D eigenvalue weighted by Crippen LogP contribution is -2.18. The van der Waals surface area contributed by atoms with Crippen LogP contribution in [-0.4, -0.2) is 43.0 Å². The van der Waals surface area contributed by atoms with Crippen molar-refractivity contribution in [2.75, 3.05) is 25.6 Å². The van der Waals surface area contributed by atoms with Crippen LogP contribution in [-0.2, 0) is 0 Å². The number of hydrogen-bond acceptors (Lipinski definition) is 5. The van der Waals surface area contributed by atoms with Crippen molar-refractivity contribution in [1.29, 1.82) is 0 Å². The first-order chi connectivity index (χ1) is 14.6. The molecule has 0 unspecified atom stereocenters. The van der Waals surface area contributed by atoms with Gasteiger partial charge in [0.25, 0.3) is 5.91 Å². The molecular weight excluding hydrogens is 378 g/mol. The molecule has 0 aliphatic rings. The normalized spacial score (nSPS) is 10.9. The second kappa shape index (κ2) is 10.2. The highest BCUT2D eigenvalue weighted by atomic mass is 16.5. The second-order valence-corrected chi connectivity index (χ2v) is 7.05. The van der Waals surface area contributed by atoms with Crippen LogP contribution in [0.2, 0.25) is 0 Å². The number of carbonyl (C=O) groups excluding carboxylic acids is 1. The van der Waals surface area contributed by atoms with E-state index in [1.807, 2.05) is 67.5 Å². The molecule has 0 radical (unpaired) electrons. The molecular formula is C23H27N5O2. The van der Waals surface area contributed by atoms with E-state index in [0.717, 1.165) is 35.4 Å². The summed E-state index contributed by atoms with van der Waals surface area (Å²) in [7, 11) is 3.97. The molecule has 7 heteroatoms. The predicted molar refractivity (Wildman–Crippen MR) is 120 cm³/mol. The average molecular weight is 406 g/mol. The topological polar surface area (TPSA) is 82.6 Å². The number of ether oxygens (including phenoxy) is 1. The molecule has 0 aliphatic carbocycles. The summed E-state index contributed by atoms with van der Waals surface area (Å²) in [4.78, 5) is 14.4. The Balaban J connectivity index is 1.64. The lowest BCUT2D eigenvalue weighted by atomic mass is 10.1. The number of nitrogens with one attached hydrogen (secondary N) is 2. The summed E-state index contributed by atoms with van der Waals surface area (Å²) in [6.07, 6.45) is 3.65. The zero-order valence-electron chi connectivity index (χ0n) is 17.6. The number of rotatable bonds is 9. The first kappa shape index (κ1) is 21.1. The summed E-state index contributed by atoms with van der Waals surface area (Å²) in [5, 5.41) is 11.1. The Morgan fingerprint density at radius 3 is 2.70 bits per heavy atom. The van der Waals surface area contributed by atoms with Gasteiger partial charge in [0, 0.05) is 25.3 Å². The molecule has 3 aromatic rings. The van der Waals surface area contributed by atoms with Crippen LogP contribution in [0.5, 0.6) is 5.75 Å². The summed E-state index contributed by atoms with van der Waals surface area (Å²) in [5.74, 6) is 0.392. The van der Waals surface area contributed by atoms with Gasteiger partial charge in [-0.3, -0.25) is 9.89 Å². The van der Waals surface area contributed by atoms with Gasteiger partial charge in [0.2, 0.25) is 0 Å². The summed E-state index contributed by atoms with van der Waals surface area (Å²) < 4.78 is 5.86. The molecule has 2 N–H and O–H groups in total. The van der Waals surface area contributed by atoms with E-state index in [1.165, 1.54) is 0 Å². The van der Waals surface area contributed by atoms with Crippen molar-refractivity contribution in [1.82, 2.24) is 15.6 Å². The third kappa shape index (κ3) is 5.47. The maximum absolute atomic E-state index is 12.4. The van der Waals surface area contributed by atoms with Crippen molar-refractivity contribution in [3.8, 4) is 17.0 Å². The van der Waals surface area contributed by atoms with Gasteiger partial charge in [-0.1, -0.05) is 37.6 Å². The summed E-state index contributed by atoms with van der Waals surface area (Å²) in [6.45, 7) is 2.77. The molecule has 0 saturated heterocycles. The molecule has 0 aliphatic heterocycles. The molecule has 3 rings (SSSR count). The van der Waals surface area contributed by atoms with Crippen molar-refractivity contribution >= 4 is 17.8 Å². The van der Waals surface area contributed by atoms with Gasteiger partial charge in [-0.05, 0) is 42.3 Å². The summed E-state index contributed by atoms with van der Waals surface area (Å²) in [6, 6.07) is 17.2. The van der Waals surface area contributed by atoms with Crippen LogP contribution >= 0.6 is 0 Å². The minimum Gasteiger partial charge on any atom is -0.493 e. The number of amides is 1. The van der Waals surface area contributed by atoms with E-state index in [4.69, 9.17) is 4.74 Å². The molecule has 0 spiro atoms. The molecule has 0 fully saturated rings. The fraction of sp³-hybridized carbons (Fsp3) is 0.261. The van der Waals surface area contributed by atoms with E-state index in [0.29, 0.717) is 18.0 Å². The maximum atomic E-state index is 12.4. The Hall–Kier alpha value is -3.61. The Morgan fingerprint density at radius 2 is 1.97 bits per heavy atom. The molecule has 1 aromatic heterocycles. The standard InChI is InChI=1S/C23H27N5O2/c1-4-5-14-30-22-9-7-6-8-19(22)20-15-21(26-25-20)23(29)27-24-16-17-10-12-18(13-11-17)28(2)3/h6-13,15-16H,4-5,14H2,1-3H3,(H,25,26)(H,27,29). The molecule has 156 valence electrons. The van der Waals surface area contributed by atoms with Crippen molar-refractivity contribution in [3.63, 3.8) is 0 Å². The van der Waals surface area contributed by atoms with Gasteiger partial charge in [-0.25, -0.2) is 5.43 Å². The number of anilines is 1. The molecule has 2 aromatic carbocycles. The molecule has 0 bridgehead atoms. The minimum absolute atomic E-state index is 0.327. The first-order valence-electron chi connectivity index (χ1n) is 9.97. The van der Waals surface area contributed by atoms with Crippen molar-refractivity contribution in [2.45, 2.75) is 19.8 Å².